The standard InChI is InChI=1S/C12H28N2O/c1-11(2)13-7-6-8-14(12(3)4)9-10-15-5/h11-13H,6-10H2,1-5H3. The Kier molecular flexibility index (Phi) is 9.06. The van der Waals surface area contributed by atoms with Gasteiger partial charge < -0.3 is 10.1 Å². The topological polar surface area (TPSA) is 24.5 Å². The van der Waals surface area contributed by atoms with E-state index in [4.69, 9.17) is 4.74 Å². The molecule has 0 aromatic heterocycles. The van der Waals surface area contributed by atoms with Crippen LogP contribution in [-0.2, 0) is 4.74 Å². The Morgan fingerprint density at radius 2 is 1.80 bits per heavy atom. The summed E-state index contributed by atoms with van der Waals surface area (Å²) in [5, 5.41) is 3.44. The highest BCUT2D eigenvalue weighted by Crippen LogP contribution is 1.99. The zero-order valence-electron chi connectivity index (χ0n) is 11.0. The SMILES string of the molecule is COCCN(CCCNC(C)C)C(C)C. The largest absolute Gasteiger partial charge is 0.383 e. The lowest BCUT2D eigenvalue weighted by Gasteiger charge is -2.26. The van der Waals surface area contributed by atoms with Crippen molar-refractivity contribution in [2.45, 2.75) is 46.2 Å². The molecule has 0 heterocycles. The van der Waals surface area contributed by atoms with Crippen LogP contribution in [0.25, 0.3) is 0 Å². The van der Waals surface area contributed by atoms with Crippen molar-refractivity contribution in [2.24, 2.45) is 0 Å². The fourth-order valence-corrected chi connectivity index (χ4v) is 1.51. The van der Waals surface area contributed by atoms with E-state index in [1.165, 1.54) is 6.42 Å². The minimum Gasteiger partial charge on any atom is -0.383 e. The van der Waals surface area contributed by atoms with Crippen LogP contribution in [0.5, 0.6) is 0 Å². The minimum absolute atomic E-state index is 0.594. The fraction of sp³-hybridized carbons (Fsp3) is 1.00. The fourth-order valence-electron chi connectivity index (χ4n) is 1.51. The zero-order chi connectivity index (χ0) is 11.7. The molecular formula is C12H28N2O. The van der Waals surface area contributed by atoms with Gasteiger partial charge in [-0.15, -0.1) is 0 Å². The summed E-state index contributed by atoms with van der Waals surface area (Å²) in [5.41, 5.74) is 0. The van der Waals surface area contributed by atoms with Crippen molar-refractivity contribution in [2.75, 3.05) is 33.4 Å². The van der Waals surface area contributed by atoms with E-state index in [1.807, 2.05) is 0 Å². The molecule has 92 valence electrons. The number of nitrogens with one attached hydrogen (secondary N) is 1. The van der Waals surface area contributed by atoms with Gasteiger partial charge in [-0.2, -0.15) is 0 Å². The molecule has 0 aromatic carbocycles. The molecule has 0 rings (SSSR count). The molecule has 0 spiro atoms. The second-order valence-electron chi connectivity index (χ2n) is 4.58. The van der Waals surface area contributed by atoms with Crippen LogP contribution in [-0.4, -0.2) is 50.3 Å². The van der Waals surface area contributed by atoms with Crippen LogP contribution in [0.15, 0.2) is 0 Å². The molecule has 0 amide bonds. The smallest absolute Gasteiger partial charge is 0.0589 e. The molecule has 3 heteroatoms. The van der Waals surface area contributed by atoms with Gasteiger partial charge >= 0.3 is 0 Å². The number of nitrogens with zero attached hydrogens (tertiary/aromatic N) is 1. The number of hydrogen-bond donors (Lipinski definition) is 1. The number of methoxy groups -OCH3 is 1. The molecule has 0 atom stereocenters. The highest BCUT2D eigenvalue weighted by atomic mass is 16.5. The normalized spacial score (nSPS) is 12.0. The summed E-state index contributed by atoms with van der Waals surface area (Å²) in [5.74, 6) is 0. The average Bonchev–Trinajstić information content (AvgIpc) is 2.15. The van der Waals surface area contributed by atoms with Crippen LogP contribution in [0.4, 0.5) is 0 Å². The molecule has 0 radical (unpaired) electrons. The molecule has 0 bridgehead atoms. The molecule has 15 heavy (non-hydrogen) atoms. The van der Waals surface area contributed by atoms with Gasteiger partial charge in [-0.05, 0) is 33.4 Å². The van der Waals surface area contributed by atoms with Crippen molar-refractivity contribution in [3.8, 4) is 0 Å². The van der Waals surface area contributed by atoms with Crippen LogP contribution in [0.1, 0.15) is 34.1 Å². The van der Waals surface area contributed by atoms with Gasteiger partial charge in [0.05, 0.1) is 6.61 Å². The maximum absolute atomic E-state index is 5.11. The van der Waals surface area contributed by atoms with E-state index < -0.39 is 0 Å². The predicted molar refractivity (Wildman–Crippen MR) is 66.3 cm³/mol. The minimum atomic E-state index is 0.594. The van der Waals surface area contributed by atoms with E-state index in [-0.39, 0.29) is 0 Å². The predicted octanol–water partition coefficient (Wildman–Crippen LogP) is 1.73. The van der Waals surface area contributed by atoms with Crippen LogP contribution in [0.2, 0.25) is 0 Å². The Bertz CT molecular complexity index is 138. The molecule has 0 aliphatic heterocycles. The maximum atomic E-state index is 5.11. The molecule has 0 unspecified atom stereocenters. The van der Waals surface area contributed by atoms with Crippen molar-refractivity contribution in [3.63, 3.8) is 0 Å². The van der Waals surface area contributed by atoms with Crippen LogP contribution >= 0.6 is 0 Å². The monoisotopic (exact) mass is 216 g/mol. The molecule has 0 saturated heterocycles. The Morgan fingerprint density at radius 1 is 1.13 bits per heavy atom. The summed E-state index contributed by atoms with van der Waals surface area (Å²) < 4.78 is 5.11. The summed E-state index contributed by atoms with van der Waals surface area (Å²) in [4.78, 5) is 2.46. The molecule has 0 aromatic rings. The Balaban J connectivity index is 3.57. The lowest BCUT2D eigenvalue weighted by Crippen LogP contribution is -2.36. The Morgan fingerprint density at radius 3 is 2.27 bits per heavy atom. The van der Waals surface area contributed by atoms with E-state index in [0.29, 0.717) is 12.1 Å². The van der Waals surface area contributed by atoms with E-state index >= 15 is 0 Å². The third-order valence-electron chi connectivity index (χ3n) is 2.49. The van der Waals surface area contributed by atoms with Crippen molar-refractivity contribution in [1.82, 2.24) is 10.2 Å². The summed E-state index contributed by atoms with van der Waals surface area (Å²) in [7, 11) is 1.76. The quantitative estimate of drug-likeness (QED) is 0.594. The number of hydrogen-bond acceptors (Lipinski definition) is 3. The van der Waals surface area contributed by atoms with E-state index in [9.17, 15) is 0 Å². The van der Waals surface area contributed by atoms with Crippen molar-refractivity contribution >= 4 is 0 Å². The maximum Gasteiger partial charge on any atom is 0.0589 e. The molecular weight excluding hydrogens is 188 g/mol. The first kappa shape index (κ1) is 14.9. The summed E-state index contributed by atoms with van der Waals surface area (Å²) in [6.07, 6.45) is 1.21. The van der Waals surface area contributed by atoms with Gasteiger partial charge in [-0.3, -0.25) is 4.90 Å². The van der Waals surface area contributed by atoms with E-state index in [1.54, 1.807) is 7.11 Å². The summed E-state index contributed by atoms with van der Waals surface area (Å²) in [6.45, 7) is 13.0. The van der Waals surface area contributed by atoms with Gasteiger partial charge in [-0.1, -0.05) is 13.8 Å². The average molecular weight is 216 g/mol. The van der Waals surface area contributed by atoms with Crippen molar-refractivity contribution < 1.29 is 4.74 Å². The highest BCUT2D eigenvalue weighted by molar-refractivity contribution is 4.64. The first-order chi connectivity index (χ1) is 7.07. The lowest BCUT2D eigenvalue weighted by atomic mass is 10.2. The van der Waals surface area contributed by atoms with Crippen LogP contribution < -0.4 is 5.32 Å². The van der Waals surface area contributed by atoms with Crippen LogP contribution in [0.3, 0.4) is 0 Å². The summed E-state index contributed by atoms with van der Waals surface area (Å²) >= 11 is 0. The molecule has 0 fully saturated rings. The molecule has 3 nitrogen and oxygen atoms in total. The lowest BCUT2D eigenvalue weighted by molar-refractivity contribution is 0.128. The molecule has 1 N–H and O–H groups in total. The van der Waals surface area contributed by atoms with Gasteiger partial charge in [0.25, 0.3) is 0 Å². The van der Waals surface area contributed by atoms with E-state index in [2.05, 4.69) is 37.9 Å². The summed E-state index contributed by atoms with van der Waals surface area (Å²) in [6, 6.07) is 1.20. The van der Waals surface area contributed by atoms with Gasteiger partial charge in [0.2, 0.25) is 0 Å². The van der Waals surface area contributed by atoms with Gasteiger partial charge in [0.1, 0.15) is 0 Å². The second-order valence-corrected chi connectivity index (χ2v) is 4.58. The third kappa shape index (κ3) is 8.85. The van der Waals surface area contributed by atoms with Crippen molar-refractivity contribution in [3.05, 3.63) is 0 Å². The number of rotatable bonds is 9. The van der Waals surface area contributed by atoms with Gasteiger partial charge in [0.15, 0.2) is 0 Å². The number of ether oxygens (including phenoxy) is 1. The van der Waals surface area contributed by atoms with Crippen LogP contribution in [0, 0.1) is 0 Å². The van der Waals surface area contributed by atoms with Crippen molar-refractivity contribution in [1.29, 1.82) is 0 Å². The Labute approximate surface area is 95.2 Å². The van der Waals surface area contributed by atoms with Gasteiger partial charge in [-0.25, -0.2) is 0 Å². The first-order valence-corrected chi connectivity index (χ1v) is 6.04. The Hall–Kier alpha value is -0.120. The molecule has 0 saturated carbocycles. The highest BCUT2D eigenvalue weighted by Gasteiger charge is 2.07. The molecule has 0 aliphatic carbocycles. The molecule has 0 aliphatic rings. The third-order valence-corrected chi connectivity index (χ3v) is 2.49. The second kappa shape index (κ2) is 9.13. The van der Waals surface area contributed by atoms with E-state index in [0.717, 1.165) is 26.2 Å². The zero-order valence-corrected chi connectivity index (χ0v) is 11.0. The first-order valence-electron chi connectivity index (χ1n) is 6.04. The van der Waals surface area contributed by atoms with Gasteiger partial charge in [0, 0.05) is 25.7 Å².